The molecule has 112 valence electrons. The van der Waals surface area contributed by atoms with Crippen LogP contribution in [0.1, 0.15) is 26.7 Å². The van der Waals surface area contributed by atoms with E-state index in [0.717, 1.165) is 12.5 Å². The Bertz CT molecular complexity index is 574. The second-order valence-corrected chi connectivity index (χ2v) is 7.40. The molecular formula is C14H20FNO3S. The fraction of sp³-hybridized carbons (Fsp3) is 0.571. The number of rotatable bonds is 3. The Morgan fingerprint density at radius 1 is 1.45 bits per heavy atom. The Kier molecular flexibility index (Phi) is 4.46. The van der Waals surface area contributed by atoms with Crippen molar-refractivity contribution < 1.29 is 17.9 Å². The first-order chi connectivity index (χ1) is 9.32. The standard InChI is InChI=1S/C14H20FNO3S/c1-10-6-7-16(14(8-10)11(2)17)20(18,19)13-5-3-4-12(15)9-13/h3-5,9-11,14,17H,6-8H2,1-2H3/t10-,11-,14+/m1/s1. The zero-order chi connectivity index (χ0) is 14.9. The van der Waals surface area contributed by atoms with Crippen LogP contribution >= 0.6 is 0 Å². The summed E-state index contributed by atoms with van der Waals surface area (Å²) in [4.78, 5) is -0.0577. The topological polar surface area (TPSA) is 57.6 Å². The van der Waals surface area contributed by atoms with Crippen LogP contribution in [-0.4, -0.2) is 36.5 Å². The van der Waals surface area contributed by atoms with Crippen molar-refractivity contribution in [3.05, 3.63) is 30.1 Å². The molecule has 4 nitrogen and oxygen atoms in total. The lowest BCUT2D eigenvalue weighted by molar-refractivity contribution is 0.0676. The molecule has 1 saturated heterocycles. The van der Waals surface area contributed by atoms with E-state index in [-0.39, 0.29) is 4.90 Å². The number of aliphatic hydroxyl groups is 1. The highest BCUT2D eigenvalue weighted by molar-refractivity contribution is 7.89. The van der Waals surface area contributed by atoms with E-state index < -0.39 is 28.0 Å². The maximum Gasteiger partial charge on any atom is 0.243 e. The van der Waals surface area contributed by atoms with Crippen LogP contribution in [0.5, 0.6) is 0 Å². The first-order valence-corrected chi connectivity index (χ1v) is 8.22. The van der Waals surface area contributed by atoms with Crippen LogP contribution in [0.2, 0.25) is 0 Å². The van der Waals surface area contributed by atoms with E-state index in [2.05, 4.69) is 0 Å². The first-order valence-electron chi connectivity index (χ1n) is 6.78. The summed E-state index contributed by atoms with van der Waals surface area (Å²) in [5.41, 5.74) is 0. The van der Waals surface area contributed by atoms with Crippen LogP contribution in [-0.2, 0) is 10.0 Å². The van der Waals surface area contributed by atoms with Crippen molar-refractivity contribution in [2.75, 3.05) is 6.54 Å². The normalized spacial score (nSPS) is 26.4. The molecule has 20 heavy (non-hydrogen) atoms. The van der Waals surface area contributed by atoms with Gasteiger partial charge in [-0.1, -0.05) is 13.0 Å². The van der Waals surface area contributed by atoms with Crippen molar-refractivity contribution in [1.82, 2.24) is 4.31 Å². The molecule has 6 heteroatoms. The summed E-state index contributed by atoms with van der Waals surface area (Å²) in [5, 5.41) is 9.85. The van der Waals surface area contributed by atoms with Gasteiger partial charge in [0.25, 0.3) is 0 Å². The maximum atomic E-state index is 13.3. The van der Waals surface area contributed by atoms with Gasteiger partial charge in [0.1, 0.15) is 5.82 Å². The monoisotopic (exact) mass is 301 g/mol. The van der Waals surface area contributed by atoms with Crippen LogP contribution in [0.25, 0.3) is 0 Å². The van der Waals surface area contributed by atoms with Gasteiger partial charge < -0.3 is 5.11 Å². The Morgan fingerprint density at radius 3 is 2.75 bits per heavy atom. The van der Waals surface area contributed by atoms with Crippen molar-refractivity contribution in [2.45, 2.75) is 43.7 Å². The van der Waals surface area contributed by atoms with Gasteiger partial charge in [-0.2, -0.15) is 4.31 Å². The van der Waals surface area contributed by atoms with Crippen molar-refractivity contribution >= 4 is 10.0 Å². The van der Waals surface area contributed by atoms with Crippen LogP contribution in [0.15, 0.2) is 29.2 Å². The summed E-state index contributed by atoms with van der Waals surface area (Å²) < 4.78 is 39.8. The minimum absolute atomic E-state index is 0.0577. The number of aliphatic hydroxyl groups excluding tert-OH is 1. The van der Waals surface area contributed by atoms with E-state index in [0.29, 0.717) is 18.9 Å². The molecular weight excluding hydrogens is 281 g/mol. The molecule has 0 unspecified atom stereocenters. The van der Waals surface area contributed by atoms with Gasteiger partial charge in [-0.15, -0.1) is 0 Å². The molecule has 0 saturated carbocycles. The number of sulfonamides is 1. The minimum Gasteiger partial charge on any atom is -0.392 e. The SMILES string of the molecule is C[C@@H]1CCN(S(=O)(=O)c2cccc(F)c2)[C@H]([C@@H](C)O)C1. The van der Waals surface area contributed by atoms with Crippen molar-refractivity contribution in [2.24, 2.45) is 5.92 Å². The first kappa shape index (κ1) is 15.4. The van der Waals surface area contributed by atoms with Gasteiger partial charge in [0.2, 0.25) is 10.0 Å². The summed E-state index contributed by atoms with van der Waals surface area (Å²) in [6.07, 6.45) is 0.616. The number of hydrogen-bond acceptors (Lipinski definition) is 3. The summed E-state index contributed by atoms with van der Waals surface area (Å²) in [6, 6.07) is 4.55. The number of halogens is 1. The van der Waals surface area contributed by atoms with Crippen molar-refractivity contribution in [3.63, 3.8) is 0 Å². The van der Waals surface area contributed by atoms with Gasteiger partial charge in [-0.25, -0.2) is 12.8 Å². The van der Waals surface area contributed by atoms with E-state index in [1.807, 2.05) is 6.92 Å². The third-order valence-electron chi connectivity index (χ3n) is 3.82. The van der Waals surface area contributed by atoms with E-state index in [1.165, 1.54) is 22.5 Å². The summed E-state index contributed by atoms with van der Waals surface area (Å²) in [5.74, 6) is -0.210. The van der Waals surface area contributed by atoms with Crippen LogP contribution in [0, 0.1) is 11.7 Å². The van der Waals surface area contributed by atoms with Crippen molar-refractivity contribution in [3.8, 4) is 0 Å². The predicted octanol–water partition coefficient (Wildman–Crippen LogP) is 2.00. The van der Waals surface area contributed by atoms with Crippen LogP contribution < -0.4 is 0 Å². The number of nitrogens with zero attached hydrogens (tertiary/aromatic N) is 1. The molecule has 0 aliphatic carbocycles. The quantitative estimate of drug-likeness (QED) is 0.929. The number of benzene rings is 1. The van der Waals surface area contributed by atoms with Crippen molar-refractivity contribution in [1.29, 1.82) is 0 Å². The molecule has 1 heterocycles. The average Bonchev–Trinajstić information content (AvgIpc) is 2.38. The second-order valence-electron chi connectivity index (χ2n) is 5.51. The highest BCUT2D eigenvalue weighted by atomic mass is 32.2. The second kappa shape index (κ2) is 5.79. The fourth-order valence-corrected chi connectivity index (χ4v) is 4.41. The third kappa shape index (κ3) is 3.02. The molecule has 1 aromatic carbocycles. The van der Waals surface area contributed by atoms with Gasteiger partial charge in [0, 0.05) is 6.54 Å². The predicted molar refractivity (Wildman–Crippen MR) is 74.2 cm³/mol. The summed E-state index contributed by atoms with van der Waals surface area (Å²) in [6.45, 7) is 3.99. The number of piperidine rings is 1. The Balaban J connectivity index is 2.37. The highest BCUT2D eigenvalue weighted by Gasteiger charge is 2.38. The molecule has 0 radical (unpaired) electrons. The maximum absolute atomic E-state index is 13.3. The molecule has 0 aromatic heterocycles. The largest absolute Gasteiger partial charge is 0.392 e. The molecule has 1 aromatic rings. The summed E-state index contributed by atoms with van der Waals surface area (Å²) >= 11 is 0. The van der Waals surface area contributed by atoms with Gasteiger partial charge in [0.05, 0.1) is 17.0 Å². The molecule has 0 amide bonds. The van der Waals surface area contributed by atoms with Gasteiger partial charge in [0.15, 0.2) is 0 Å². The van der Waals surface area contributed by atoms with Gasteiger partial charge in [-0.05, 0) is 43.9 Å². The Labute approximate surface area is 119 Å². The minimum atomic E-state index is -3.77. The molecule has 0 spiro atoms. The molecule has 2 rings (SSSR count). The molecule has 1 aliphatic rings. The van der Waals surface area contributed by atoms with Crippen LogP contribution in [0.4, 0.5) is 4.39 Å². The highest BCUT2D eigenvalue weighted by Crippen LogP contribution is 2.30. The lowest BCUT2D eigenvalue weighted by Gasteiger charge is -2.39. The average molecular weight is 301 g/mol. The Hall–Kier alpha value is -0.980. The smallest absolute Gasteiger partial charge is 0.243 e. The molecule has 0 bridgehead atoms. The van der Waals surface area contributed by atoms with E-state index in [1.54, 1.807) is 6.92 Å². The van der Waals surface area contributed by atoms with E-state index >= 15 is 0 Å². The zero-order valence-corrected chi connectivity index (χ0v) is 12.5. The fourth-order valence-electron chi connectivity index (χ4n) is 2.66. The number of hydrogen-bond donors (Lipinski definition) is 1. The summed E-state index contributed by atoms with van der Waals surface area (Å²) in [7, 11) is -3.77. The zero-order valence-electron chi connectivity index (χ0n) is 11.7. The van der Waals surface area contributed by atoms with E-state index in [9.17, 15) is 17.9 Å². The van der Waals surface area contributed by atoms with Crippen LogP contribution in [0.3, 0.4) is 0 Å². The third-order valence-corrected chi connectivity index (χ3v) is 5.74. The van der Waals surface area contributed by atoms with Gasteiger partial charge in [-0.3, -0.25) is 0 Å². The lowest BCUT2D eigenvalue weighted by Crippen LogP contribution is -2.50. The molecule has 3 atom stereocenters. The molecule has 1 aliphatic heterocycles. The molecule has 1 fully saturated rings. The Morgan fingerprint density at radius 2 is 2.15 bits per heavy atom. The lowest BCUT2D eigenvalue weighted by atomic mass is 9.92. The molecule has 1 N–H and O–H groups in total. The van der Waals surface area contributed by atoms with E-state index in [4.69, 9.17) is 0 Å². The van der Waals surface area contributed by atoms with Gasteiger partial charge >= 0.3 is 0 Å².